The number of para-hydroxylation sites is 1. The lowest BCUT2D eigenvalue weighted by Crippen LogP contribution is -2.49. The SMILES string of the molecule is CCCCc1ccc(NS(=O)(=O)c2cccc(C(=O)N3CCN(c4cc[n+](-c5ccc(S(=O)(=O)Nc6ccc(CCCC)cc6)cc5C(=O)N5CCN(c6ccccc6Cl)CC5)cc4)CC3)c2)cc1. The monoisotopic (exact) mass is 988 g/mol. The number of halogens is 1. The van der Waals surface area contributed by atoms with Crippen molar-refractivity contribution >= 4 is 66.2 Å². The number of benzene rings is 5. The smallest absolute Gasteiger partial charge is 0.261 e. The second-order valence-corrected chi connectivity index (χ2v) is 21.3. The fraction of sp³-hybridized carbons (Fsp3) is 0.302. The zero-order chi connectivity index (χ0) is 48.5. The third-order valence-corrected chi connectivity index (χ3v) is 15.8. The summed E-state index contributed by atoms with van der Waals surface area (Å²) in [5, 5.41) is 0.639. The zero-order valence-electron chi connectivity index (χ0n) is 39.1. The van der Waals surface area contributed by atoms with Gasteiger partial charge in [-0.25, -0.2) is 16.8 Å². The van der Waals surface area contributed by atoms with Crippen molar-refractivity contribution < 1.29 is 31.0 Å². The third kappa shape index (κ3) is 11.9. The predicted molar refractivity (Wildman–Crippen MR) is 274 cm³/mol. The molecule has 2 saturated heterocycles. The number of nitrogens with one attached hydrogen (secondary N) is 2. The number of nitrogens with zero attached hydrogens (tertiary/aromatic N) is 5. The van der Waals surface area contributed by atoms with Gasteiger partial charge >= 0.3 is 0 Å². The number of sulfonamides is 2. The van der Waals surface area contributed by atoms with Crippen molar-refractivity contribution in [1.29, 1.82) is 0 Å². The van der Waals surface area contributed by atoms with Crippen LogP contribution >= 0.6 is 11.6 Å². The molecule has 8 rings (SSSR count). The number of anilines is 4. The van der Waals surface area contributed by atoms with Crippen LogP contribution in [0.25, 0.3) is 5.69 Å². The van der Waals surface area contributed by atoms with Crippen molar-refractivity contribution in [1.82, 2.24) is 9.80 Å². The van der Waals surface area contributed by atoms with Crippen molar-refractivity contribution in [2.45, 2.75) is 62.2 Å². The molecule has 0 atom stereocenters. The van der Waals surface area contributed by atoms with E-state index in [-0.39, 0.29) is 27.2 Å². The molecular weight excluding hydrogens is 930 g/mol. The summed E-state index contributed by atoms with van der Waals surface area (Å²) in [4.78, 5) is 36.0. The van der Waals surface area contributed by atoms with Gasteiger partial charge in [-0.3, -0.25) is 19.0 Å². The molecule has 0 radical (unpaired) electrons. The highest BCUT2D eigenvalue weighted by molar-refractivity contribution is 7.93. The maximum absolute atomic E-state index is 14.5. The van der Waals surface area contributed by atoms with E-state index in [0.717, 1.165) is 61.0 Å². The molecule has 2 aliphatic rings. The Morgan fingerprint density at radius 1 is 0.565 bits per heavy atom. The molecule has 16 heteroatoms. The molecule has 69 heavy (non-hydrogen) atoms. The summed E-state index contributed by atoms with van der Waals surface area (Å²) >= 11 is 6.51. The minimum atomic E-state index is -4.07. The number of hydrogen-bond acceptors (Lipinski definition) is 8. The predicted octanol–water partition coefficient (Wildman–Crippen LogP) is 8.83. The fourth-order valence-electron chi connectivity index (χ4n) is 8.71. The minimum absolute atomic E-state index is 0.0109. The first kappa shape index (κ1) is 49.0. The lowest BCUT2D eigenvalue weighted by molar-refractivity contribution is -0.595. The van der Waals surface area contributed by atoms with Gasteiger partial charge in [0.25, 0.3) is 31.9 Å². The standard InChI is InChI=1S/C53H59ClN7O6S2/c1-3-5-10-40-16-20-43(21-17-40)55-68(64,65)46-13-9-12-42(38-46)52(62)60-34-30-57(31-35-60)45-26-28-58(29-27-45)50-25-24-47(69(66,67)56-44-22-18-41(19-23-44)11-6-4-2)39-48(50)53(63)61-36-32-59(33-37-61)51-15-8-7-14-49(51)54/h7-9,12-29,38-39,55-56H,3-6,10-11,30-37H2,1-2H3/q+1. The molecule has 13 nitrogen and oxygen atoms in total. The van der Waals surface area contributed by atoms with Crippen LogP contribution in [0.1, 0.15) is 71.4 Å². The average Bonchev–Trinajstić information content (AvgIpc) is 3.38. The molecule has 0 unspecified atom stereocenters. The Morgan fingerprint density at radius 2 is 1.09 bits per heavy atom. The number of hydrogen-bond donors (Lipinski definition) is 2. The van der Waals surface area contributed by atoms with Gasteiger partial charge in [-0.1, -0.05) is 80.8 Å². The number of unbranched alkanes of at least 4 members (excludes halogenated alkanes) is 2. The van der Waals surface area contributed by atoms with Gasteiger partial charge in [0, 0.05) is 93.2 Å². The minimum Gasteiger partial charge on any atom is -0.368 e. The highest BCUT2D eigenvalue weighted by Crippen LogP contribution is 2.28. The Kier molecular flexibility index (Phi) is 15.6. The Balaban J connectivity index is 0.956. The van der Waals surface area contributed by atoms with Crippen LogP contribution in [0.15, 0.2) is 150 Å². The second kappa shape index (κ2) is 21.9. The molecule has 1 aromatic heterocycles. The number of aryl methyl sites for hydroxylation is 2. The zero-order valence-corrected chi connectivity index (χ0v) is 41.4. The quantitative estimate of drug-likeness (QED) is 0.0864. The summed E-state index contributed by atoms with van der Waals surface area (Å²) in [6.45, 7) is 8.11. The Bertz CT molecular complexity index is 2980. The largest absolute Gasteiger partial charge is 0.368 e. The summed E-state index contributed by atoms with van der Waals surface area (Å²) < 4.78 is 61.7. The Hall–Kier alpha value is -6.42. The van der Waals surface area contributed by atoms with Gasteiger partial charge in [0.2, 0.25) is 5.69 Å². The van der Waals surface area contributed by atoms with Crippen LogP contribution in [-0.4, -0.2) is 90.8 Å². The maximum Gasteiger partial charge on any atom is 0.261 e. The molecule has 5 aromatic carbocycles. The number of carbonyl (C=O) groups is 2. The molecular formula is C53H59ClN7O6S2+. The number of pyridine rings is 1. The Labute approximate surface area is 411 Å². The Morgan fingerprint density at radius 3 is 1.64 bits per heavy atom. The topological polar surface area (TPSA) is 143 Å². The van der Waals surface area contributed by atoms with E-state index in [0.29, 0.717) is 80.0 Å². The second-order valence-electron chi connectivity index (χ2n) is 17.5. The van der Waals surface area contributed by atoms with Crippen molar-refractivity contribution in [2.75, 3.05) is 71.6 Å². The van der Waals surface area contributed by atoms with E-state index in [2.05, 4.69) is 33.1 Å². The first-order valence-corrected chi connectivity index (χ1v) is 27.0. The summed E-state index contributed by atoms with van der Waals surface area (Å²) in [5.41, 5.74) is 6.04. The van der Waals surface area contributed by atoms with E-state index in [1.807, 2.05) is 77.6 Å². The van der Waals surface area contributed by atoms with Gasteiger partial charge in [-0.05, 0) is 104 Å². The normalized spacial score (nSPS) is 14.4. The molecule has 2 aliphatic heterocycles. The fourth-order valence-corrected chi connectivity index (χ4v) is 11.2. The average molecular weight is 990 g/mol. The van der Waals surface area contributed by atoms with Gasteiger partial charge in [0.1, 0.15) is 5.56 Å². The van der Waals surface area contributed by atoms with Crippen LogP contribution in [0, 0.1) is 0 Å². The van der Waals surface area contributed by atoms with Crippen molar-refractivity contribution in [3.8, 4) is 5.69 Å². The van der Waals surface area contributed by atoms with E-state index in [1.165, 1.54) is 24.3 Å². The molecule has 2 fully saturated rings. The first-order valence-electron chi connectivity index (χ1n) is 23.6. The molecule has 0 aliphatic carbocycles. The molecule has 2 amide bonds. The van der Waals surface area contributed by atoms with Gasteiger partial charge in [0.15, 0.2) is 12.4 Å². The van der Waals surface area contributed by atoms with Gasteiger partial charge in [0.05, 0.1) is 20.5 Å². The molecule has 0 saturated carbocycles. The highest BCUT2D eigenvalue weighted by Gasteiger charge is 2.31. The number of carbonyl (C=O) groups excluding carboxylic acids is 2. The molecule has 0 bridgehead atoms. The molecule has 6 aromatic rings. The molecule has 360 valence electrons. The number of amides is 2. The number of piperazine rings is 2. The van der Waals surface area contributed by atoms with Crippen LogP contribution in [0.5, 0.6) is 0 Å². The lowest BCUT2D eigenvalue weighted by Gasteiger charge is -2.36. The maximum atomic E-state index is 14.5. The van der Waals surface area contributed by atoms with Gasteiger partial charge < -0.3 is 19.6 Å². The van der Waals surface area contributed by atoms with Crippen LogP contribution in [0.2, 0.25) is 5.02 Å². The molecule has 3 heterocycles. The van der Waals surface area contributed by atoms with Crippen LogP contribution in [0.3, 0.4) is 0 Å². The number of rotatable bonds is 17. The van der Waals surface area contributed by atoms with Crippen LogP contribution < -0.4 is 23.8 Å². The van der Waals surface area contributed by atoms with E-state index in [9.17, 15) is 26.4 Å². The van der Waals surface area contributed by atoms with Gasteiger partial charge in [-0.15, -0.1) is 0 Å². The van der Waals surface area contributed by atoms with E-state index >= 15 is 0 Å². The van der Waals surface area contributed by atoms with Crippen LogP contribution in [0.4, 0.5) is 22.7 Å². The van der Waals surface area contributed by atoms with Crippen molar-refractivity contribution in [3.63, 3.8) is 0 Å². The summed E-state index contributed by atoms with van der Waals surface area (Å²) in [6, 6.07) is 37.0. The highest BCUT2D eigenvalue weighted by atomic mass is 35.5. The first-order chi connectivity index (χ1) is 33.3. The van der Waals surface area contributed by atoms with E-state index in [4.69, 9.17) is 11.6 Å². The van der Waals surface area contributed by atoms with Crippen molar-refractivity contribution in [3.05, 3.63) is 167 Å². The third-order valence-electron chi connectivity index (χ3n) is 12.7. The van der Waals surface area contributed by atoms with Gasteiger partial charge in [-0.2, -0.15) is 4.57 Å². The summed E-state index contributed by atoms with van der Waals surface area (Å²) in [7, 11) is -8.01. The lowest BCUT2D eigenvalue weighted by atomic mass is 10.1. The summed E-state index contributed by atoms with van der Waals surface area (Å²) in [5.74, 6) is -0.535. The number of aromatic nitrogens is 1. The molecule has 0 spiro atoms. The van der Waals surface area contributed by atoms with E-state index < -0.39 is 20.0 Å². The van der Waals surface area contributed by atoms with Crippen molar-refractivity contribution in [2.24, 2.45) is 0 Å². The van der Waals surface area contributed by atoms with E-state index in [1.54, 1.807) is 52.3 Å². The molecule has 2 N–H and O–H groups in total. The van der Waals surface area contributed by atoms with Crippen LogP contribution in [-0.2, 0) is 32.9 Å². The summed E-state index contributed by atoms with van der Waals surface area (Å²) in [6.07, 6.45) is 9.81.